The summed E-state index contributed by atoms with van der Waals surface area (Å²) in [5.74, 6) is 0.864. The summed E-state index contributed by atoms with van der Waals surface area (Å²) >= 11 is 0. The molecule has 1 aliphatic heterocycles. The number of fused-ring (bicyclic) bond motifs is 1. The van der Waals surface area contributed by atoms with Gasteiger partial charge in [0.25, 0.3) is 0 Å². The molecule has 0 bridgehead atoms. The highest BCUT2D eigenvalue weighted by Crippen LogP contribution is 2.27. The normalized spacial score (nSPS) is 20.2. The first kappa shape index (κ1) is 14.3. The van der Waals surface area contributed by atoms with Crippen molar-refractivity contribution in [3.63, 3.8) is 0 Å². The fourth-order valence-corrected chi connectivity index (χ4v) is 2.58. The Balaban J connectivity index is 2.07. The highest BCUT2D eigenvalue weighted by molar-refractivity contribution is 5.70. The zero-order valence-electron chi connectivity index (χ0n) is 12.8. The van der Waals surface area contributed by atoms with Gasteiger partial charge in [-0.05, 0) is 6.07 Å². The molecule has 21 heavy (non-hydrogen) atoms. The number of aliphatic hydroxyl groups is 1. The number of nitrogens with zero attached hydrogens (tertiary/aromatic N) is 4. The maximum Gasteiger partial charge on any atom is 0.155 e. The zero-order chi connectivity index (χ0) is 15.0. The predicted molar refractivity (Wildman–Crippen MR) is 80.7 cm³/mol. The van der Waals surface area contributed by atoms with Crippen LogP contribution < -0.4 is 4.90 Å². The van der Waals surface area contributed by atoms with Gasteiger partial charge in [-0.25, -0.2) is 9.50 Å². The first-order chi connectivity index (χ1) is 10.0. The molecule has 6 heteroatoms. The van der Waals surface area contributed by atoms with Crippen LogP contribution >= 0.6 is 0 Å². The van der Waals surface area contributed by atoms with Gasteiger partial charge >= 0.3 is 0 Å². The summed E-state index contributed by atoms with van der Waals surface area (Å²) in [6.45, 7) is 8.41. The maximum atomic E-state index is 9.56. The van der Waals surface area contributed by atoms with Gasteiger partial charge in [0.1, 0.15) is 5.52 Å². The van der Waals surface area contributed by atoms with E-state index in [1.165, 1.54) is 0 Å². The van der Waals surface area contributed by atoms with E-state index in [1.54, 1.807) is 6.20 Å². The van der Waals surface area contributed by atoms with Gasteiger partial charge in [0.05, 0.1) is 31.6 Å². The third-order valence-electron chi connectivity index (χ3n) is 3.85. The molecule has 1 N–H and O–H groups in total. The highest BCUT2D eigenvalue weighted by Gasteiger charge is 2.26. The van der Waals surface area contributed by atoms with E-state index in [2.05, 4.69) is 41.8 Å². The van der Waals surface area contributed by atoms with E-state index in [4.69, 9.17) is 4.74 Å². The molecule has 0 radical (unpaired) electrons. The molecule has 114 valence electrons. The van der Waals surface area contributed by atoms with Crippen LogP contribution in [0.4, 0.5) is 5.82 Å². The van der Waals surface area contributed by atoms with Gasteiger partial charge in [-0.1, -0.05) is 20.8 Å². The molecule has 1 fully saturated rings. The molecule has 6 nitrogen and oxygen atoms in total. The fourth-order valence-electron chi connectivity index (χ4n) is 2.58. The predicted octanol–water partition coefficient (Wildman–Crippen LogP) is 1.22. The standard InChI is InChI=1S/C15H22N4O2/c1-15(2,3)13-8-12-14(16-4-5-19(12)17-13)18-6-7-21-10-11(18)9-20/h4-5,8,11,20H,6-7,9-10H2,1-3H3. The molecule has 0 aromatic carbocycles. The van der Waals surface area contributed by atoms with Crippen LogP contribution in [0.2, 0.25) is 0 Å². The Hall–Kier alpha value is -1.66. The van der Waals surface area contributed by atoms with E-state index in [1.807, 2.05) is 10.7 Å². The Morgan fingerprint density at radius 1 is 1.43 bits per heavy atom. The summed E-state index contributed by atoms with van der Waals surface area (Å²) in [7, 11) is 0. The van der Waals surface area contributed by atoms with Crippen LogP contribution in [0.5, 0.6) is 0 Å². The van der Waals surface area contributed by atoms with Gasteiger partial charge in [0, 0.05) is 24.4 Å². The molecule has 0 saturated carbocycles. The lowest BCUT2D eigenvalue weighted by Crippen LogP contribution is -2.48. The van der Waals surface area contributed by atoms with Crippen molar-refractivity contribution in [3.8, 4) is 0 Å². The number of hydrogen-bond acceptors (Lipinski definition) is 5. The Labute approximate surface area is 124 Å². The minimum atomic E-state index is -0.0505. The van der Waals surface area contributed by atoms with Crippen LogP contribution in [0.3, 0.4) is 0 Å². The molecular weight excluding hydrogens is 268 g/mol. The number of ether oxygens (including phenoxy) is 1. The summed E-state index contributed by atoms with van der Waals surface area (Å²) in [6.07, 6.45) is 3.62. The van der Waals surface area contributed by atoms with Gasteiger partial charge in [-0.3, -0.25) is 0 Å². The third-order valence-corrected chi connectivity index (χ3v) is 3.85. The summed E-state index contributed by atoms with van der Waals surface area (Å²) in [5, 5.41) is 14.2. The van der Waals surface area contributed by atoms with E-state index >= 15 is 0 Å². The topological polar surface area (TPSA) is 62.9 Å². The van der Waals surface area contributed by atoms with Crippen LogP contribution in [0.25, 0.3) is 5.52 Å². The smallest absolute Gasteiger partial charge is 0.155 e. The molecule has 0 amide bonds. The van der Waals surface area contributed by atoms with Crippen LogP contribution in [0, 0.1) is 0 Å². The lowest BCUT2D eigenvalue weighted by Gasteiger charge is -2.35. The number of aromatic nitrogens is 3. The lowest BCUT2D eigenvalue weighted by atomic mass is 9.92. The minimum Gasteiger partial charge on any atom is -0.394 e. The number of aliphatic hydroxyl groups excluding tert-OH is 1. The van der Waals surface area contributed by atoms with Crippen molar-refractivity contribution in [3.05, 3.63) is 24.2 Å². The second kappa shape index (κ2) is 5.27. The molecule has 1 aliphatic rings. The SMILES string of the molecule is CC(C)(C)c1cc2c(N3CCOCC3CO)nccn2n1. The van der Waals surface area contributed by atoms with Crippen molar-refractivity contribution in [2.45, 2.75) is 32.2 Å². The number of anilines is 1. The monoisotopic (exact) mass is 290 g/mol. The summed E-state index contributed by atoms with van der Waals surface area (Å²) in [6, 6.07) is 2.04. The zero-order valence-corrected chi connectivity index (χ0v) is 12.8. The molecule has 0 spiro atoms. The van der Waals surface area contributed by atoms with E-state index in [0.717, 1.165) is 23.6 Å². The third kappa shape index (κ3) is 2.61. The van der Waals surface area contributed by atoms with Gasteiger partial charge in [0.15, 0.2) is 5.82 Å². The van der Waals surface area contributed by atoms with Gasteiger partial charge in [-0.15, -0.1) is 0 Å². The quantitative estimate of drug-likeness (QED) is 0.901. The molecule has 2 aromatic heterocycles. The molecule has 1 saturated heterocycles. The van der Waals surface area contributed by atoms with Crippen molar-refractivity contribution in [1.82, 2.24) is 14.6 Å². The molecule has 1 unspecified atom stereocenters. The van der Waals surface area contributed by atoms with Crippen molar-refractivity contribution in [2.75, 3.05) is 31.3 Å². The first-order valence-corrected chi connectivity index (χ1v) is 7.31. The van der Waals surface area contributed by atoms with E-state index in [-0.39, 0.29) is 18.1 Å². The van der Waals surface area contributed by atoms with E-state index in [9.17, 15) is 5.11 Å². The van der Waals surface area contributed by atoms with Gasteiger partial charge in [-0.2, -0.15) is 5.10 Å². The molecular formula is C15H22N4O2. The Kier molecular flexibility index (Phi) is 3.59. The molecule has 1 atom stereocenters. The average Bonchev–Trinajstić information content (AvgIpc) is 2.91. The van der Waals surface area contributed by atoms with Crippen LogP contribution in [-0.4, -0.2) is 52.1 Å². The molecule has 0 aliphatic carbocycles. The van der Waals surface area contributed by atoms with Crippen LogP contribution in [0.1, 0.15) is 26.5 Å². The Morgan fingerprint density at radius 2 is 2.24 bits per heavy atom. The number of morpholine rings is 1. The average molecular weight is 290 g/mol. The largest absolute Gasteiger partial charge is 0.394 e. The second-order valence-corrected chi connectivity index (χ2v) is 6.46. The first-order valence-electron chi connectivity index (χ1n) is 7.31. The molecule has 3 heterocycles. The van der Waals surface area contributed by atoms with Crippen molar-refractivity contribution >= 4 is 11.3 Å². The second-order valence-electron chi connectivity index (χ2n) is 6.46. The lowest BCUT2D eigenvalue weighted by molar-refractivity contribution is 0.0724. The van der Waals surface area contributed by atoms with Gasteiger partial charge in [0.2, 0.25) is 0 Å². The van der Waals surface area contributed by atoms with Crippen LogP contribution in [-0.2, 0) is 10.2 Å². The minimum absolute atomic E-state index is 0.00925. The van der Waals surface area contributed by atoms with E-state index in [0.29, 0.717) is 13.2 Å². The maximum absolute atomic E-state index is 9.56. The summed E-state index contributed by atoms with van der Waals surface area (Å²) < 4.78 is 7.31. The van der Waals surface area contributed by atoms with Gasteiger partial charge < -0.3 is 14.7 Å². The number of rotatable bonds is 2. The Morgan fingerprint density at radius 3 is 2.95 bits per heavy atom. The van der Waals surface area contributed by atoms with E-state index < -0.39 is 0 Å². The van der Waals surface area contributed by atoms with Crippen LogP contribution in [0.15, 0.2) is 18.5 Å². The Bertz CT molecular complexity index is 632. The van der Waals surface area contributed by atoms with Crippen molar-refractivity contribution in [2.24, 2.45) is 0 Å². The van der Waals surface area contributed by atoms with Crippen molar-refractivity contribution < 1.29 is 9.84 Å². The fraction of sp³-hybridized carbons (Fsp3) is 0.600. The number of hydrogen-bond donors (Lipinski definition) is 1. The molecule has 2 aromatic rings. The summed E-state index contributed by atoms with van der Waals surface area (Å²) in [4.78, 5) is 6.64. The van der Waals surface area contributed by atoms with Crippen molar-refractivity contribution in [1.29, 1.82) is 0 Å². The highest BCUT2D eigenvalue weighted by atomic mass is 16.5. The summed E-state index contributed by atoms with van der Waals surface area (Å²) in [5.41, 5.74) is 2.00. The molecule has 3 rings (SSSR count).